The monoisotopic (exact) mass is 260 g/mol. The SMILES string of the molecule is COC(=O)CCCSCC1(CC(=O)OC)CC1. The van der Waals surface area contributed by atoms with E-state index in [0.717, 1.165) is 30.8 Å². The molecular formula is C12H20O4S. The second-order valence-electron chi connectivity index (χ2n) is 4.49. The summed E-state index contributed by atoms with van der Waals surface area (Å²) in [5.41, 5.74) is 0.184. The summed E-state index contributed by atoms with van der Waals surface area (Å²) in [5, 5.41) is 0. The highest BCUT2D eigenvalue weighted by atomic mass is 32.2. The van der Waals surface area contributed by atoms with Gasteiger partial charge in [-0.1, -0.05) is 0 Å². The van der Waals surface area contributed by atoms with Crippen LogP contribution < -0.4 is 0 Å². The summed E-state index contributed by atoms with van der Waals surface area (Å²) in [5.74, 6) is 1.67. The summed E-state index contributed by atoms with van der Waals surface area (Å²) in [6.45, 7) is 0. The average molecular weight is 260 g/mol. The van der Waals surface area contributed by atoms with Crippen LogP contribution in [-0.4, -0.2) is 37.7 Å². The van der Waals surface area contributed by atoms with E-state index >= 15 is 0 Å². The van der Waals surface area contributed by atoms with E-state index in [9.17, 15) is 9.59 Å². The smallest absolute Gasteiger partial charge is 0.306 e. The van der Waals surface area contributed by atoms with Crippen LogP contribution in [-0.2, 0) is 19.1 Å². The van der Waals surface area contributed by atoms with E-state index in [4.69, 9.17) is 4.74 Å². The number of thioether (sulfide) groups is 1. The molecule has 4 nitrogen and oxygen atoms in total. The summed E-state index contributed by atoms with van der Waals surface area (Å²) in [7, 11) is 2.84. The van der Waals surface area contributed by atoms with Crippen LogP contribution in [0.15, 0.2) is 0 Å². The molecule has 0 radical (unpaired) electrons. The normalized spacial score (nSPS) is 16.4. The molecule has 0 aromatic heterocycles. The number of ether oxygens (including phenoxy) is 2. The standard InChI is InChI=1S/C12H20O4S/c1-15-10(13)4-3-7-17-9-12(5-6-12)8-11(14)16-2/h3-9H2,1-2H3. The number of carbonyl (C=O) groups is 2. The summed E-state index contributed by atoms with van der Waals surface area (Å²) in [4.78, 5) is 22.1. The Morgan fingerprint density at radius 1 is 1.18 bits per heavy atom. The van der Waals surface area contributed by atoms with Crippen molar-refractivity contribution in [2.24, 2.45) is 5.41 Å². The third kappa shape index (κ3) is 5.44. The Morgan fingerprint density at radius 2 is 1.82 bits per heavy atom. The lowest BCUT2D eigenvalue weighted by molar-refractivity contribution is -0.142. The topological polar surface area (TPSA) is 52.6 Å². The van der Waals surface area contributed by atoms with Gasteiger partial charge < -0.3 is 9.47 Å². The summed E-state index contributed by atoms with van der Waals surface area (Å²) < 4.78 is 9.26. The Labute approximate surface area is 106 Å². The van der Waals surface area contributed by atoms with E-state index in [2.05, 4.69) is 4.74 Å². The molecular weight excluding hydrogens is 240 g/mol. The van der Waals surface area contributed by atoms with Crippen LogP contribution in [0.1, 0.15) is 32.1 Å². The molecule has 98 valence electrons. The van der Waals surface area contributed by atoms with E-state index in [0.29, 0.717) is 12.8 Å². The molecule has 0 heterocycles. The maximum atomic E-state index is 11.2. The van der Waals surface area contributed by atoms with E-state index in [1.807, 2.05) is 11.8 Å². The van der Waals surface area contributed by atoms with Crippen molar-refractivity contribution in [1.82, 2.24) is 0 Å². The van der Waals surface area contributed by atoms with Gasteiger partial charge in [0, 0.05) is 6.42 Å². The van der Waals surface area contributed by atoms with Gasteiger partial charge in [-0.25, -0.2) is 0 Å². The molecule has 0 aromatic rings. The van der Waals surface area contributed by atoms with E-state index < -0.39 is 0 Å². The predicted octanol–water partition coefficient (Wildman–Crippen LogP) is 2.02. The van der Waals surface area contributed by atoms with Gasteiger partial charge in [-0.3, -0.25) is 9.59 Å². The molecule has 1 saturated carbocycles. The first-order valence-electron chi connectivity index (χ1n) is 5.83. The maximum Gasteiger partial charge on any atom is 0.306 e. The fourth-order valence-electron chi connectivity index (χ4n) is 1.64. The van der Waals surface area contributed by atoms with Gasteiger partial charge in [0.25, 0.3) is 0 Å². The highest BCUT2D eigenvalue weighted by Gasteiger charge is 2.44. The summed E-state index contributed by atoms with van der Waals surface area (Å²) in [6.07, 6.45) is 4.09. The Balaban J connectivity index is 2.06. The predicted molar refractivity (Wildman–Crippen MR) is 66.9 cm³/mol. The second-order valence-corrected chi connectivity index (χ2v) is 5.59. The molecule has 0 aromatic carbocycles. The van der Waals surface area contributed by atoms with Gasteiger partial charge in [-0.2, -0.15) is 11.8 Å². The number of carbonyl (C=O) groups excluding carboxylic acids is 2. The number of rotatable bonds is 8. The Morgan fingerprint density at radius 3 is 2.35 bits per heavy atom. The van der Waals surface area contributed by atoms with Gasteiger partial charge in [0.05, 0.1) is 20.6 Å². The Hall–Kier alpha value is -0.710. The Bertz CT molecular complexity index is 274. The molecule has 0 unspecified atom stereocenters. The minimum Gasteiger partial charge on any atom is -0.469 e. The van der Waals surface area contributed by atoms with Gasteiger partial charge in [-0.15, -0.1) is 0 Å². The second kappa shape index (κ2) is 6.89. The molecule has 1 fully saturated rings. The zero-order valence-electron chi connectivity index (χ0n) is 10.5. The average Bonchev–Trinajstić information content (AvgIpc) is 3.08. The van der Waals surface area contributed by atoms with Crippen molar-refractivity contribution >= 4 is 23.7 Å². The molecule has 0 N–H and O–H groups in total. The first-order valence-corrected chi connectivity index (χ1v) is 6.99. The molecule has 0 spiro atoms. The molecule has 0 bridgehead atoms. The van der Waals surface area contributed by atoms with Gasteiger partial charge in [0.1, 0.15) is 0 Å². The van der Waals surface area contributed by atoms with Crippen LogP contribution in [0.2, 0.25) is 0 Å². The van der Waals surface area contributed by atoms with Gasteiger partial charge in [-0.05, 0) is 36.2 Å². The van der Waals surface area contributed by atoms with Crippen molar-refractivity contribution in [2.75, 3.05) is 25.7 Å². The molecule has 1 aliphatic rings. The number of methoxy groups -OCH3 is 2. The molecule has 1 aliphatic carbocycles. The zero-order chi connectivity index (χ0) is 12.7. The fourth-order valence-corrected chi connectivity index (χ4v) is 2.95. The van der Waals surface area contributed by atoms with Crippen molar-refractivity contribution in [3.05, 3.63) is 0 Å². The van der Waals surface area contributed by atoms with Crippen molar-refractivity contribution in [1.29, 1.82) is 0 Å². The lowest BCUT2D eigenvalue weighted by Crippen LogP contribution is -2.13. The van der Waals surface area contributed by atoms with Gasteiger partial charge in [0.2, 0.25) is 0 Å². The van der Waals surface area contributed by atoms with Crippen molar-refractivity contribution in [3.8, 4) is 0 Å². The van der Waals surface area contributed by atoms with E-state index in [-0.39, 0.29) is 17.4 Å². The molecule has 17 heavy (non-hydrogen) atoms. The van der Waals surface area contributed by atoms with Crippen molar-refractivity contribution < 1.29 is 19.1 Å². The van der Waals surface area contributed by atoms with Gasteiger partial charge >= 0.3 is 11.9 Å². The van der Waals surface area contributed by atoms with Gasteiger partial charge in [0.15, 0.2) is 0 Å². The molecule has 5 heteroatoms. The molecule has 1 rings (SSSR count). The van der Waals surface area contributed by atoms with Crippen LogP contribution in [0.5, 0.6) is 0 Å². The molecule has 0 saturated heterocycles. The maximum absolute atomic E-state index is 11.2. The lowest BCUT2D eigenvalue weighted by Gasteiger charge is -2.12. The summed E-state index contributed by atoms with van der Waals surface area (Å²) >= 11 is 1.81. The first-order chi connectivity index (χ1) is 8.12. The highest BCUT2D eigenvalue weighted by Crippen LogP contribution is 2.51. The first kappa shape index (κ1) is 14.4. The third-order valence-corrected chi connectivity index (χ3v) is 4.40. The van der Waals surface area contributed by atoms with Crippen molar-refractivity contribution in [2.45, 2.75) is 32.1 Å². The molecule has 0 atom stereocenters. The minimum atomic E-state index is -0.152. The zero-order valence-corrected chi connectivity index (χ0v) is 11.3. The molecule has 0 aliphatic heterocycles. The fraction of sp³-hybridized carbons (Fsp3) is 0.833. The minimum absolute atomic E-state index is 0.113. The summed E-state index contributed by atoms with van der Waals surface area (Å²) in [6, 6.07) is 0. The largest absolute Gasteiger partial charge is 0.469 e. The third-order valence-electron chi connectivity index (χ3n) is 3.01. The number of esters is 2. The van der Waals surface area contributed by atoms with Crippen LogP contribution in [0, 0.1) is 5.41 Å². The van der Waals surface area contributed by atoms with Crippen molar-refractivity contribution in [3.63, 3.8) is 0 Å². The van der Waals surface area contributed by atoms with E-state index in [1.54, 1.807) is 0 Å². The van der Waals surface area contributed by atoms with Crippen LogP contribution in [0.25, 0.3) is 0 Å². The highest BCUT2D eigenvalue weighted by molar-refractivity contribution is 7.99. The number of hydrogen-bond donors (Lipinski definition) is 0. The van der Waals surface area contributed by atoms with Crippen LogP contribution >= 0.6 is 11.8 Å². The number of hydrogen-bond acceptors (Lipinski definition) is 5. The Kier molecular flexibility index (Phi) is 5.82. The van der Waals surface area contributed by atoms with E-state index in [1.165, 1.54) is 14.2 Å². The lowest BCUT2D eigenvalue weighted by atomic mass is 10.1. The van der Waals surface area contributed by atoms with Crippen LogP contribution in [0.3, 0.4) is 0 Å². The molecule has 0 amide bonds. The van der Waals surface area contributed by atoms with Crippen LogP contribution in [0.4, 0.5) is 0 Å². The quantitative estimate of drug-likeness (QED) is 0.493.